The van der Waals surface area contributed by atoms with E-state index in [1.165, 1.54) is 6.07 Å². The third kappa shape index (κ3) is 4.67. The second kappa shape index (κ2) is 9.11. The molecule has 1 amide bonds. The van der Waals surface area contributed by atoms with Crippen molar-refractivity contribution >= 4 is 33.4 Å². The number of alkyl carbamates (subject to hydrolysis) is 1. The van der Waals surface area contributed by atoms with Crippen molar-refractivity contribution in [3.8, 4) is 11.1 Å². The molecule has 0 saturated carbocycles. The molecule has 1 aliphatic carbocycles. The Bertz CT molecular complexity index is 1220. The standard InChI is InChI=1S/C22H20N2O6S2/c25-20(26)12-24-32(28,29)21-10-9-14(31-21)11-23-22(27)30-13-19-17-7-3-1-5-15(17)16-6-2-4-8-18(16)19/h1-10,19,24H,11-13H2,(H,23,27)(H,25,26). The molecule has 3 aromatic rings. The molecule has 0 spiro atoms. The molecule has 0 aliphatic heterocycles. The van der Waals surface area contributed by atoms with Gasteiger partial charge in [0.25, 0.3) is 10.0 Å². The van der Waals surface area contributed by atoms with Gasteiger partial charge in [0.2, 0.25) is 0 Å². The number of carboxylic acid groups (broad SMARTS) is 1. The maximum atomic E-state index is 12.3. The van der Waals surface area contributed by atoms with E-state index in [0.717, 1.165) is 33.6 Å². The molecule has 0 atom stereocenters. The monoisotopic (exact) mass is 472 g/mol. The first-order chi connectivity index (χ1) is 15.3. The number of benzene rings is 2. The summed E-state index contributed by atoms with van der Waals surface area (Å²) in [5.74, 6) is -1.32. The minimum absolute atomic E-state index is 0.0249. The molecule has 0 radical (unpaired) electrons. The van der Waals surface area contributed by atoms with E-state index in [2.05, 4.69) is 17.4 Å². The highest BCUT2D eigenvalue weighted by Gasteiger charge is 2.29. The number of ether oxygens (including phenoxy) is 1. The predicted molar refractivity (Wildman–Crippen MR) is 119 cm³/mol. The molecule has 166 valence electrons. The lowest BCUT2D eigenvalue weighted by Crippen LogP contribution is -2.28. The van der Waals surface area contributed by atoms with Gasteiger partial charge in [0, 0.05) is 10.8 Å². The SMILES string of the molecule is O=C(O)CNS(=O)(=O)c1ccc(CNC(=O)OCC2c3ccccc3-c3ccccc32)s1. The van der Waals surface area contributed by atoms with Gasteiger partial charge in [0.15, 0.2) is 0 Å². The zero-order valence-electron chi connectivity index (χ0n) is 16.8. The van der Waals surface area contributed by atoms with Crippen LogP contribution in [0.5, 0.6) is 0 Å². The number of nitrogens with one attached hydrogen (secondary N) is 2. The largest absolute Gasteiger partial charge is 0.480 e. The summed E-state index contributed by atoms with van der Waals surface area (Å²) in [5.41, 5.74) is 4.51. The number of carboxylic acids is 1. The molecular weight excluding hydrogens is 452 g/mol. The summed E-state index contributed by atoms with van der Waals surface area (Å²) in [6.07, 6.45) is -0.603. The molecule has 32 heavy (non-hydrogen) atoms. The smallest absolute Gasteiger partial charge is 0.407 e. The lowest BCUT2D eigenvalue weighted by atomic mass is 9.98. The van der Waals surface area contributed by atoms with Crippen LogP contribution in [0.4, 0.5) is 4.79 Å². The van der Waals surface area contributed by atoms with E-state index in [1.807, 2.05) is 41.1 Å². The van der Waals surface area contributed by atoms with Gasteiger partial charge in [0.1, 0.15) is 17.4 Å². The van der Waals surface area contributed by atoms with Gasteiger partial charge in [-0.1, -0.05) is 48.5 Å². The van der Waals surface area contributed by atoms with Gasteiger partial charge in [-0.15, -0.1) is 11.3 Å². The van der Waals surface area contributed by atoms with Gasteiger partial charge < -0.3 is 15.2 Å². The zero-order valence-corrected chi connectivity index (χ0v) is 18.4. The van der Waals surface area contributed by atoms with Crippen molar-refractivity contribution in [3.63, 3.8) is 0 Å². The highest BCUT2D eigenvalue weighted by atomic mass is 32.2. The summed E-state index contributed by atoms with van der Waals surface area (Å²) >= 11 is 0.945. The average Bonchev–Trinajstić information content (AvgIpc) is 3.39. The van der Waals surface area contributed by atoms with Crippen LogP contribution in [-0.4, -0.2) is 38.7 Å². The van der Waals surface area contributed by atoms with E-state index >= 15 is 0 Å². The van der Waals surface area contributed by atoms with Crippen LogP contribution in [0.3, 0.4) is 0 Å². The number of amides is 1. The second-order valence-corrected chi connectivity index (χ2v) is 10.3. The molecule has 1 aromatic heterocycles. The molecule has 8 nitrogen and oxygen atoms in total. The first-order valence-electron chi connectivity index (χ1n) is 9.74. The van der Waals surface area contributed by atoms with Gasteiger partial charge >= 0.3 is 12.1 Å². The molecule has 4 rings (SSSR count). The summed E-state index contributed by atoms with van der Waals surface area (Å²) < 4.78 is 31.6. The van der Waals surface area contributed by atoms with E-state index in [-0.39, 0.29) is 23.3 Å². The maximum Gasteiger partial charge on any atom is 0.407 e. The minimum Gasteiger partial charge on any atom is -0.480 e. The zero-order chi connectivity index (χ0) is 22.7. The molecule has 0 unspecified atom stereocenters. The van der Waals surface area contributed by atoms with Gasteiger partial charge in [-0.25, -0.2) is 13.2 Å². The van der Waals surface area contributed by atoms with Crippen LogP contribution in [0.15, 0.2) is 64.9 Å². The van der Waals surface area contributed by atoms with Gasteiger partial charge in [-0.2, -0.15) is 4.72 Å². The number of carbonyl (C=O) groups is 2. The fourth-order valence-electron chi connectivity index (χ4n) is 3.63. The Hall–Kier alpha value is -3.21. The van der Waals surface area contributed by atoms with Crippen molar-refractivity contribution in [3.05, 3.63) is 76.7 Å². The van der Waals surface area contributed by atoms with Crippen molar-refractivity contribution in [2.45, 2.75) is 16.7 Å². The highest BCUT2D eigenvalue weighted by Crippen LogP contribution is 2.44. The second-order valence-electron chi connectivity index (χ2n) is 7.12. The van der Waals surface area contributed by atoms with Crippen molar-refractivity contribution in [1.82, 2.24) is 10.0 Å². The van der Waals surface area contributed by atoms with Crippen LogP contribution < -0.4 is 10.0 Å². The van der Waals surface area contributed by atoms with E-state index in [4.69, 9.17) is 9.84 Å². The Balaban J connectivity index is 1.34. The first kappa shape index (κ1) is 22.0. The van der Waals surface area contributed by atoms with Gasteiger partial charge in [-0.05, 0) is 34.4 Å². The van der Waals surface area contributed by atoms with Crippen LogP contribution in [0.1, 0.15) is 21.9 Å². The van der Waals surface area contributed by atoms with Crippen molar-refractivity contribution in [2.24, 2.45) is 0 Å². The number of rotatable bonds is 8. The summed E-state index contributed by atoms with van der Waals surface area (Å²) in [6.45, 7) is -0.424. The van der Waals surface area contributed by atoms with Crippen molar-refractivity contribution in [1.29, 1.82) is 0 Å². The third-order valence-electron chi connectivity index (χ3n) is 5.07. The van der Waals surface area contributed by atoms with Crippen LogP contribution in [0, 0.1) is 0 Å². The third-order valence-corrected chi connectivity index (χ3v) is 8.04. The number of sulfonamides is 1. The molecule has 0 bridgehead atoms. The summed E-state index contributed by atoms with van der Waals surface area (Å²) in [4.78, 5) is 23.4. The number of carbonyl (C=O) groups excluding carboxylic acids is 1. The number of fused-ring (bicyclic) bond motifs is 3. The number of thiophene rings is 1. The number of aliphatic carboxylic acids is 1. The van der Waals surface area contributed by atoms with Gasteiger partial charge in [-0.3, -0.25) is 4.79 Å². The molecule has 10 heteroatoms. The van der Waals surface area contributed by atoms with E-state index in [1.54, 1.807) is 6.07 Å². The molecule has 3 N–H and O–H groups in total. The fourth-order valence-corrected chi connectivity index (χ4v) is 5.95. The van der Waals surface area contributed by atoms with Crippen LogP contribution in [0.25, 0.3) is 11.1 Å². The Morgan fingerprint density at radius 3 is 2.22 bits per heavy atom. The summed E-state index contributed by atoms with van der Waals surface area (Å²) in [6, 6.07) is 19.0. The van der Waals surface area contributed by atoms with E-state index in [9.17, 15) is 18.0 Å². The van der Waals surface area contributed by atoms with Crippen LogP contribution in [-0.2, 0) is 26.1 Å². The summed E-state index contributed by atoms with van der Waals surface area (Å²) in [7, 11) is -3.91. The normalized spacial score (nSPS) is 12.8. The average molecular weight is 473 g/mol. The molecular formula is C22H20N2O6S2. The summed E-state index contributed by atoms with van der Waals surface area (Å²) in [5, 5.41) is 11.3. The molecule has 0 fully saturated rings. The fraction of sp³-hybridized carbons (Fsp3) is 0.182. The predicted octanol–water partition coefficient (Wildman–Crippen LogP) is 3.15. The lowest BCUT2D eigenvalue weighted by Gasteiger charge is -2.14. The first-order valence-corrected chi connectivity index (χ1v) is 12.0. The quantitative estimate of drug-likeness (QED) is 0.463. The molecule has 1 aliphatic rings. The van der Waals surface area contributed by atoms with Crippen LogP contribution >= 0.6 is 11.3 Å². The van der Waals surface area contributed by atoms with Gasteiger partial charge in [0.05, 0.1) is 6.54 Å². The van der Waals surface area contributed by atoms with Crippen molar-refractivity contribution in [2.75, 3.05) is 13.2 Å². The minimum atomic E-state index is -3.91. The topological polar surface area (TPSA) is 122 Å². The molecule has 1 heterocycles. The molecule has 2 aromatic carbocycles. The Labute approximate surface area is 188 Å². The van der Waals surface area contributed by atoms with E-state index < -0.39 is 28.6 Å². The maximum absolute atomic E-state index is 12.3. The Kier molecular flexibility index (Phi) is 6.26. The van der Waals surface area contributed by atoms with E-state index in [0.29, 0.717) is 4.88 Å². The number of hydrogen-bond acceptors (Lipinski definition) is 6. The van der Waals surface area contributed by atoms with Crippen LogP contribution in [0.2, 0.25) is 0 Å². The lowest BCUT2D eigenvalue weighted by molar-refractivity contribution is -0.135. The Morgan fingerprint density at radius 2 is 1.59 bits per heavy atom. The highest BCUT2D eigenvalue weighted by molar-refractivity contribution is 7.91. The Morgan fingerprint density at radius 1 is 0.969 bits per heavy atom. The number of hydrogen-bond donors (Lipinski definition) is 3. The van der Waals surface area contributed by atoms with Crippen molar-refractivity contribution < 1.29 is 27.9 Å². The molecule has 0 saturated heterocycles.